The van der Waals surface area contributed by atoms with E-state index in [-0.39, 0.29) is 11.9 Å². The van der Waals surface area contributed by atoms with Gasteiger partial charge in [-0.2, -0.15) is 0 Å². The molecule has 120 valence electrons. The maximum atomic E-state index is 12.2. The zero-order valence-corrected chi connectivity index (χ0v) is 13.2. The first kappa shape index (κ1) is 16.5. The summed E-state index contributed by atoms with van der Waals surface area (Å²) < 4.78 is 10.7. The van der Waals surface area contributed by atoms with E-state index in [4.69, 9.17) is 9.47 Å². The SMILES string of the molecule is CCOC(=O)C1CN(CC)CCC1OC(=O)c1ccccc1. The quantitative estimate of drug-likeness (QED) is 0.780. The fraction of sp³-hybridized carbons (Fsp3) is 0.529. The van der Waals surface area contributed by atoms with Crippen molar-refractivity contribution in [2.45, 2.75) is 26.4 Å². The fourth-order valence-corrected chi connectivity index (χ4v) is 2.68. The smallest absolute Gasteiger partial charge is 0.338 e. The van der Waals surface area contributed by atoms with Gasteiger partial charge in [-0.05, 0) is 32.0 Å². The summed E-state index contributed by atoms with van der Waals surface area (Å²) in [6, 6.07) is 8.85. The molecule has 1 saturated heterocycles. The molecular formula is C17H23NO4. The van der Waals surface area contributed by atoms with Crippen molar-refractivity contribution in [3.63, 3.8) is 0 Å². The third-order valence-corrected chi connectivity index (χ3v) is 3.94. The molecule has 1 aromatic rings. The van der Waals surface area contributed by atoms with Gasteiger partial charge in [0.2, 0.25) is 0 Å². The van der Waals surface area contributed by atoms with Crippen molar-refractivity contribution in [2.24, 2.45) is 5.92 Å². The van der Waals surface area contributed by atoms with Crippen LogP contribution >= 0.6 is 0 Å². The number of piperidine rings is 1. The Morgan fingerprint density at radius 3 is 2.59 bits per heavy atom. The average molecular weight is 305 g/mol. The van der Waals surface area contributed by atoms with Crippen molar-refractivity contribution in [1.29, 1.82) is 0 Å². The highest BCUT2D eigenvalue weighted by Crippen LogP contribution is 2.23. The van der Waals surface area contributed by atoms with Gasteiger partial charge in [0.05, 0.1) is 12.2 Å². The number of carbonyl (C=O) groups excluding carboxylic acids is 2. The number of hydrogen-bond acceptors (Lipinski definition) is 5. The van der Waals surface area contributed by atoms with Gasteiger partial charge in [0.15, 0.2) is 0 Å². The number of esters is 2. The minimum absolute atomic E-state index is 0.286. The summed E-state index contributed by atoms with van der Waals surface area (Å²) in [4.78, 5) is 26.5. The molecule has 2 rings (SSSR count). The van der Waals surface area contributed by atoms with Crippen molar-refractivity contribution >= 4 is 11.9 Å². The summed E-state index contributed by atoms with van der Waals surface area (Å²) in [6.45, 7) is 6.43. The van der Waals surface area contributed by atoms with Crippen LogP contribution in [0.4, 0.5) is 0 Å². The molecule has 2 unspecified atom stereocenters. The van der Waals surface area contributed by atoms with Crippen molar-refractivity contribution in [1.82, 2.24) is 4.90 Å². The second-order valence-corrected chi connectivity index (χ2v) is 5.35. The van der Waals surface area contributed by atoms with Crippen LogP contribution in [0.5, 0.6) is 0 Å². The third kappa shape index (κ3) is 4.07. The summed E-state index contributed by atoms with van der Waals surface area (Å²) >= 11 is 0. The summed E-state index contributed by atoms with van der Waals surface area (Å²) in [5.74, 6) is -1.09. The molecule has 1 fully saturated rings. The number of carbonyl (C=O) groups is 2. The Balaban J connectivity index is 2.06. The van der Waals surface area contributed by atoms with Crippen LogP contribution in [-0.2, 0) is 14.3 Å². The standard InChI is InChI=1S/C17H23NO4/c1-3-18-11-10-15(14(12-18)17(20)21-4-2)22-16(19)13-8-6-5-7-9-13/h5-9,14-15H,3-4,10-12H2,1-2H3. The van der Waals surface area contributed by atoms with Gasteiger partial charge in [-0.3, -0.25) is 4.79 Å². The normalized spacial score (nSPS) is 22.1. The van der Waals surface area contributed by atoms with Crippen LogP contribution in [0.2, 0.25) is 0 Å². The summed E-state index contributed by atoms with van der Waals surface area (Å²) in [5.41, 5.74) is 0.503. The molecule has 0 radical (unpaired) electrons. The molecule has 0 aromatic heterocycles. The van der Waals surface area contributed by atoms with Gasteiger partial charge in [-0.25, -0.2) is 4.79 Å². The van der Waals surface area contributed by atoms with E-state index in [1.54, 1.807) is 31.2 Å². The van der Waals surface area contributed by atoms with E-state index in [1.165, 1.54) is 0 Å². The molecule has 0 spiro atoms. The molecule has 0 N–H and O–H groups in total. The zero-order chi connectivity index (χ0) is 15.9. The second kappa shape index (κ2) is 7.94. The van der Waals surface area contributed by atoms with Crippen LogP contribution in [0.25, 0.3) is 0 Å². The van der Waals surface area contributed by atoms with Crippen molar-refractivity contribution in [3.8, 4) is 0 Å². The predicted molar refractivity (Wildman–Crippen MR) is 82.5 cm³/mol. The maximum absolute atomic E-state index is 12.2. The number of nitrogens with zero attached hydrogens (tertiary/aromatic N) is 1. The number of ether oxygens (including phenoxy) is 2. The lowest BCUT2D eigenvalue weighted by Crippen LogP contribution is -2.48. The molecular weight excluding hydrogens is 282 g/mol. The topological polar surface area (TPSA) is 55.8 Å². The molecule has 0 bridgehead atoms. The lowest BCUT2D eigenvalue weighted by Gasteiger charge is -2.36. The van der Waals surface area contributed by atoms with E-state index in [1.807, 2.05) is 6.07 Å². The Bertz CT molecular complexity index is 503. The van der Waals surface area contributed by atoms with Gasteiger partial charge in [0.1, 0.15) is 12.0 Å². The van der Waals surface area contributed by atoms with E-state index in [2.05, 4.69) is 11.8 Å². The molecule has 1 aromatic carbocycles. The third-order valence-electron chi connectivity index (χ3n) is 3.94. The van der Waals surface area contributed by atoms with E-state index in [9.17, 15) is 9.59 Å². The molecule has 22 heavy (non-hydrogen) atoms. The van der Waals surface area contributed by atoms with Crippen LogP contribution in [0.1, 0.15) is 30.6 Å². The van der Waals surface area contributed by atoms with Gasteiger partial charge in [0.25, 0.3) is 0 Å². The predicted octanol–water partition coefficient (Wildman–Crippen LogP) is 2.12. The Labute approximate surface area is 131 Å². The Hall–Kier alpha value is -1.88. The molecule has 5 nitrogen and oxygen atoms in total. The van der Waals surface area contributed by atoms with Crippen LogP contribution in [0.15, 0.2) is 30.3 Å². The Morgan fingerprint density at radius 1 is 1.23 bits per heavy atom. The highest BCUT2D eigenvalue weighted by Gasteiger charge is 2.37. The first-order valence-corrected chi connectivity index (χ1v) is 7.80. The number of rotatable bonds is 5. The van der Waals surface area contributed by atoms with Crippen molar-refractivity contribution in [3.05, 3.63) is 35.9 Å². The largest absolute Gasteiger partial charge is 0.466 e. The average Bonchev–Trinajstić information content (AvgIpc) is 2.56. The molecule has 1 aliphatic heterocycles. The van der Waals surface area contributed by atoms with Crippen LogP contribution in [0.3, 0.4) is 0 Å². The first-order valence-electron chi connectivity index (χ1n) is 7.80. The van der Waals surface area contributed by atoms with Crippen LogP contribution in [0, 0.1) is 5.92 Å². The number of hydrogen-bond donors (Lipinski definition) is 0. The van der Waals surface area contributed by atoms with E-state index in [0.29, 0.717) is 25.1 Å². The summed E-state index contributed by atoms with van der Waals surface area (Å²) in [6.07, 6.45) is 0.227. The highest BCUT2D eigenvalue weighted by atomic mass is 16.6. The molecule has 2 atom stereocenters. The maximum Gasteiger partial charge on any atom is 0.338 e. The Kier molecular flexibility index (Phi) is 5.95. The minimum Gasteiger partial charge on any atom is -0.466 e. The van der Waals surface area contributed by atoms with Crippen LogP contribution < -0.4 is 0 Å². The van der Waals surface area contributed by atoms with Gasteiger partial charge in [-0.15, -0.1) is 0 Å². The lowest BCUT2D eigenvalue weighted by atomic mass is 9.94. The van der Waals surface area contributed by atoms with E-state index >= 15 is 0 Å². The van der Waals surface area contributed by atoms with E-state index < -0.39 is 12.0 Å². The van der Waals surface area contributed by atoms with Gasteiger partial charge in [0, 0.05) is 13.1 Å². The lowest BCUT2D eigenvalue weighted by molar-refractivity contribution is -0.155. The number of likely N-dealkylation sites (tertiary alicyclic amines) is 1. The molecule has 5 heteroatoms. The summed E-state index contributed by atoms with van der Waals surface area (Å²) in [5, 5.41) is 0. The van der Waals surface area contributed by atoms with Crippen molar-refractivity contribution in [2.75, 3.05) is 26.2 Å². The van der Waals surface area contributed by atoms with Gasteiger partial charge < -0.3 is 14.4 Å². The highest BCUT2D eigenvalue weighted by molar-refractivity contribution is 5.89. The molecule has 0 aliphatic carbocycles. The van der Waals surface area contributed by atoms with Gasteiger partial charge in [-0.1, -0.05) is 25.1 Å². The van der Waals surface area contributed by atoms with E-state index in [0.717, 1.165) is 13.1 Å². The number of benzene rings is 1. The second-order valence-electron chi connectivity index (χ2n) is 5.35. The molecule has 1 aliphatic rings. The minimum atomic E-state index is -0.422. The first-order chi connectivity index (χ1) is 10.7. The summed E-state index contributed by atoms with van der Waals surface area (Å²) in [7, 11) is 0. The van der Waals surface area contributed by atoms with Crippen LogP contribution in [-0.4, -0.2) is 49.2 Å². The molecule has 1 heterocycles. The Morgan fingerprint density at radius 2 is 1.95 bits per heavy atom. The molecule has 0 saturated carbocycles. The zero-order valence-electron chi connectivity index (χ0n) is 13.2. The van der Waals surface area contributed by atoms with Gasteiger partial charge >= 0.3 is 11.9 Å². The van der Waals surface area contributed by atoms with Crippen molar-refractivity contribution < 1.29 is 19.1 Å². The monoisotopic (exact) mass is 305 g/mol. The fourth-order valence-electron chi connectivity index (χ4n) is 2.68. The molecule has 0 amide bonds.